The van der Waals surface area contributed by atoms with Gasteiger partial charge in [-0.05, 0) is 30.7 Å². The predicted molar refractivity (Wildman–Crippen MR) is 65.7 cm³/mol. The molecule has 0 aliphatic carbocycles. The molecule has 2 rings (SSSR count). The van der Waals surface area contributed by atoms with Crippen LogP contribution in [0.25, 0.3) is 0 Å². The van der Waals surface area contributed by atoms with E-state index in [1.807, 2.05) is 37.1 Å². The molecule has 0 aliphatic rings. The molecule has 4 nitrogen and oxygen atoms in total. The van der Waals surface area contributed by atoms with Crippen LogP contribution >= 0.6 is 0 Å². The second-order valence-corrected chi connectivity index (χ2v) is 3.64. The summed E-state index contributed by atoms with van der Waals surface area (Å²) in [5.74, 6) is 0.757. The molecule has 2 aromatic heterocycles. The Balaban J connectivity index is 2.42. The van der Waals surface area contributed by atoms with Crippen LogP contribution in [-0.4, -0.2) is 17.0 Å². The van der Waals surface area contributed by atoms with Crippen LogP contribution in [0, 0.1) is 6.92 Å². The highest BCUT2D eigenvalue weighted by Crippen LogP contribution is 2.27. The number of nitrogens with zero attached hydrogens (tertiary/aromatic N) is 3. The van der Waals surface area contributed by atoms with E-state index < -0.39 is 0 Å². The minimum Gasteiger partial charge on any atom is -0.396 e. The van der Waals surface area contributed by atoms with Gasteiger partial charge in [0.25, 0.3) is 0 Å². The minimum absolute atomic E-state index is 0.703. The van der Waals surface area contributed by atoms with E-state index in [1.54, 1.807) is 18.6 Å². The first kappa shape index (κ1) is 10.4. The molecule has 2 heterocycles. The van der Waals surface area contributed by atoms with E-state index in [1.165, 1.54) is 0 Å². The number of hydrogen-bond acceptors (Lipinski definition) is 4. The molecule has 0 bridgehead atoms. The predicted octanol–water partition coefficient (Wildman–Crippen LogP) is 2.14. The average Bonchev–Trinajstić information content (AvgIpc) is 2.33. The summed E-state index contributed by atoms with van der Waals surface area (Å²) in [4.78, 5) is 10.3. The SMILES string of the molecule is Cc1ccnc(N(C)c2cccnc2)c1N. The maximum absolute atomic E-state index is 6.00. The first-order chi connectivity index (χ1) is 7.70. The number of aryl methyl sites for hydroxylation is 1. The molecule has 4 heteroatoms. The van der Waals surface area contributed by atoms with E-state index in [-0.39, 0.29) is 0 Å². The lowest BCUT2D eigenvalue weighted by atomic mass is 10.2. The zero-order chi connectivity index (χ0) is 11.5. The van der Waals surface area contributed by atoms with Crippen molar-refractivity contribution in [3.8, 4) is 0 Å². The van der Waals surface area contributed by atoms with Gasteiger partial charge in [-0.3, -0.25) is 4.98 Å². The van der Waals surface area contributed by atoms with Gasteiger partial charge < -0.3 is 10.6 Å². The third-order valence-corrected chi connectivity index (χ3v) is 2.54. The van der Waals surface area contributed by atoms with Crippen LogP contribution in [0.2, 0.25) is 0 Å². The van der Waals surface area contributed by atoms with E-state index in [9.17, 15) is 0 Å². The Bertz CT molecular complexity index is 482. The molecule has 82 valence electrons. The number of hydrogen-bond donors (Lipinski definition) is 1. The smallest absolute Gasteiger partial charge is 0.156 e. The molecule has 2 aromatic rings. The fraction of sp³-hybridized carbons (Fsp3) is 0.167. The summed E-state index contributed by atoms with van der Waals surface area (Å²) in [6, 6.07) is 5.75. The highest BCUT2D eigenvalue weighted by atomic mass is 15.2. The minimum atomic E-state index is 0.703. The number of nitrogens with two attached hydrogens (primary N) is 1. The van der Waals surface area contributed by atoms with Crippen molar-refractivity contribution in [1.82, 2.24) is 9.97 Å². The summed E-state index contributed by atoms with van der Waals surface area (Å²) in [5.41, 5.74) is 8.69. The fourth-order valence-electron chi connectivity index (χ4n) is 1.50. The van der Waals surface area contributed by atoms with Gasteiger partial charge in [0.05, 0.1) is 17.6 Å². The highest BCUT2D eigenvalue weighted by Gasteiger charge is 2.09. The van der Waals surface area contributed by atoms with Crippen molar-refractivity contribution in [3.05, 3.63) is 42.4 Å². The molecule has 0 aliphatic heterocycles. The Kier molecular flexibility index (Phi) is 2.72. The molecule has 16 heavy (non-hydrogen) atoms. The number of rotatable bonds is 2. The van der Waals surface area contributed by atoms with Gasteiger partial charge in [-0.15, -0.1) is 0 Å². The Morgan fingerprint density at radius 3 is 2.75 bits per heavy atom. The number of aromatic nitrogens is 2. The Hall–Kier alpha value is -2.10. The summed E-state index contributed by atoms with van der Waals surface area (Å²) in [6.07, 6.45) is 5.28. The maximum Gasteiger partial charge on any atom is 0.156 e. The fourth-order valence-corrected chi connectivity index (χ4v) is 1.50. The molecule has 2 N–H and O–H groups in total. The highest BCUT2D eigenvalue weighted by molar-refractivity contribution is 5.72. The topological polar surface area (TPSA) is 55.0 Å². The van der Waals surface area contributed by atoms with Crippen LogP contribution in [0.4, 0.5) is 17.2 Å². The molecule has 0 saturated heterocycles. The normalized spacial score (nSPS) is 10.1. The average molecular weight is 214 g/mol. The van der Waals surface area contributed by atoms with E-state index in [2.05, 4.69) is 9.97 Å². The van der Waals surface area contributed by atoms with Crippen LogP contribution in [-0.2, 0) is 0 Å². The molecule has 0 spiro atoms. The third-order valence-electron chi connectivity index (χ3n) is 2.54. The van der Waals surface area contributed by atoms with Crippen molar-refractivity contribution >= 4 is 17.2 Å². The van der Waals surface area contributed by atoms with E-state index in [4.69, 9.17) is 5.73 Å². The second-order valence-electron chi connectivity index (χ2n) is 3.64. The summed E-state index contributed by atoms with van der Waals surface area (Å²) in [6.45, 7) is 1.97. The van der Waals surface area contributed by atoms with Crippen LogP contribution in [0.15, 0.2) is 36.8 Å². The molecule has 0 radical (unpaired) electrons. The number of anilines is 3. The molecule has 0 unspecified atom stereocenters. The Morgan fingerprint density at radius 2 is 2.06 bits per heavy atom. The van der Waals surface area contributed by atoms with Crippen molar-refractivity contribution in [2.45, 2.75) is 6.92 Å². The number of nitrogen functional groups attached to an aromatic ring is 1. The van der Waals surface area contributed by atoms with E-state index in [0.29, 0.717) is 5.69 Å². The second kappa shape index (κ2) is 4.18. The first-order valence-electron chi connectivity index (χ1n) is 5.05. The number of pyridine rings is 2. The molecule has 0 saturated carbocycles. The molecule has 0 amide bonds. The van der Waals surface area contributed by atoms with Gasteiger partial charge in [-0.1, -0.05) is 0 Å². The summed E-state index contributed by atoms with van der Waals surface area (Å²) in [5, 5.41) is 0. The van der Waals surface area contributed by atoms with Gasteiger partial charge in [0, 0.05) is 19.4 Å². The van der Waals surface area contributed by atoms with Crippen LogP contribution < -0.4 is 10.6 Å². The van der Waals surface area contributed by atoms with Gasteiger partial charge in [-0.25, -0.2) is 4.98 Å². The van der Waals surface area contributed by atoms with Crippen molar-refractivity contribution in [2.24, 2.45) is 0 Å². The quantitative estimate of drug-likeness (QED) is 0.832. The lowest BCUT2D eigenvalue weighted by molar-refractivity contribution is 1.11. The zero-order valence-corrected chi connectivity index (χ0v) is 9.38. The lowest BCUT2D eigenvalue weighted by Crippen LogP contribution is -2.14. The molecule has 0 aromatic carbocycles. The monoisotopic (exact) mass is 214 g/mol. The van der Waals surface area contributed by atoms with E-state index in [0.717, 1.165) is 17.1 Å². The lowest BCUT2D eigenvalue weighted by Gasteiger charge is -2.20. The van der Waals surface area contributed by atoms with Crippen LogP contribution in [0.5, 0.6) is 0 Å². The maximum atomic E-state index is 6.00. The van der Waals surface area contributed by atoms with Gasteiger partial charge in [-0.2, -0.15) is 0 Å². The summed E-state index contributed by atoms with van der Waals surface area (Å²) in [7, 11) is 1.93. The largest absolute Gasteiger partial charge is 0.396 e. The summed E-state index contributed by atoms with van der Waals surface area (Å²) < 4.78 is 0. The molecule has 0 fully saturated rings. The van der Waals surface area contributed by atoms with Crippen molar-refractivity contribution in [3.63, 3.8) is 0 Å². The molecular weight excluding hydrogens is 200 g/mol. The van der Waals surface area contributed by atoms with Gasteiger partial charge in [0.15, 0.2) is 5.82 Å². The third kappa shape index (κ3) is 1.82. The molecule has 0 atom stereocenters. The molecular formula is C12H14N4. The van der Waals surface area contributed by atoms with Gasteiger partial charge in [0.2, 0.25) is 0 Å². The van der Waals surface area contributed by atoms with Crippen molar-refractivity contribution < 1.29 is 0 Å². The van der Waals surface area contributed by atoms with Crippen LogP contribution in [0.1, 0.15) is 5.56 Å². The van der Waals surface area contributed by atoms with Crippen molar-refractivity contribution in [2.75, 3.05) is 17.7 Å². The van der Waals surface area contributed by atoms with E-state index >= 15 is 0 Å². The zero-order valence-electron chi connectivity index (χ0n) is 9.38. The summed E-state index contributed by atoms with van der Waals surface area (Å²) >= 11 is 0. The standard InChI is InChI=1S/C12H14N4/c1-9-5-7-15-12(11(9)13)16(2)10-4-3-6-14-8-10/h3-8H,13H2,1-2H3. The van der Waals surface area contributed by atoms with Crippen LogP contribution in [0.3, 0.4) is 0 Å². The van der Waals surface area contributed by atoms with Crippen molar-refractivity contribution in [1.29, 1.82) is 0 Å². The van der Waals surface area contributed by atoms with Gasteiger partial charge in [0.1, 0.15) is 0 Å². The Labute approximate surface area is 94.8 Å². The van der Waals surface area contributed by atoms with Gasteiger partial charge >= 0.3 is 0 Å². The first-order valence-corrected chi connectivity index (χ1v) is 5.05. The Morgan fingerprint density at radius 1 is 1.25 bits per heavy atom.